The molecule has 0 unspecified atom stereocenters. The van der Waals surface area contributed by atoms with Crippen molar-refractivity contribution in [2.75, 3.05) is 20.3 Å². The molecular weight excluding hydrogens is 362 g/mol. The second-order valence-electron chi connectivity index (χ2n) is 5.98. The molecule has 0 aliphatic carbocycles. The van der Waals surface area contributed by atoms with E-state index in [1.165, 1.54) is 31.4 Å². The van der Waals surface area contributed by atoms with Crippen LogP contribution in [-0.4, -0.2) is 37.0 Å². The van der Waals surface area contributed by atoms with E-state index in [-0.39, 0.29) is 17.9 Å². The molecule has 0 heterocycles. The molecule has 0 aliphatic heterocycles. The van der Waals surface area contributed by atoms with Crippen molar-refractivity contribution in [1.82, 2.24) is 10.6 Å². The molecule has 2 N–H and O–H groups in total. The van der Waals surface area contributed by atoms with E-state index in [4.69, 9.17) is 4.74 Å². The zero-order valence-corrected chi connectivity index (χ0v) is 15.6. The van der Waals surface area contributed by atoms with Crippen molar-refractivity contribution in [2.45, 2.75) is 6.92 Å². The Hall–Kier alpha value is -3.52. The van der Waals surface area contributed by atoms with Crippen LogP contribution in [0.2, 0.25) is 0 Å². The maximum Gasteiger partial charge on any atom is 0.270 e. The van der Waals surface area contributed by atoms with Crippen molar-refractivity contribution in [1.29, 1.82) is 0 Å². The zero-order chi connectivity index (χ0) is 20.5. The first kappa shape index (κ1) is 20.8. The summed E-state index contributed by atoms with van der Waals surface area (Å²) in [6, 6.07) is 12.7. The Labute approximate surface area is 162 Å². The highest BCUT2D eigenvalue weighted by molar-refractivity contribution is 6.05. The number of nitrogens with one attached hydrogen (secondary N) is 2. The van der Waals surface area contributed by atoms with Crippen LogP contribution in [0.15, 0.2) is 54.2 Å². The molecule has 0 aliphatic rings. The number of hydrogen-bond donors (Lipinski definition) is 2. The van der Waals surface area contributed by atoms with Gasteiger partial charge in [-0.25, -0.2) is 0 Å². The summed E-state index contributed by atoms with van der Waals surface area (Å²) in [6.07, 6.45) is 1.39. The molecular formula is C20H21N3O5. The van der Waals surface area contributed by atoms with Gasteiger partial charge in [-0.1, -0.05) is 29.8 Å². The maximum absolute atomic E-state index is 12.5. The molecule has 0 saturated heterocycles. The van der Waals surface area contributed by atoms with Gasteiger partial charge in [0.1, 0.15) is 5.70 Å². The van der Waals surface area contributed by atoms with Gasteiger partial charge in [-0.2, -0.15) is 0 Å². The van der Waals surface area contributed by atoms with Crippen molar-refractivity contribution in [3.05, 3.63) is 81.0 Å². The van der Waals surface area contributed by atoms with Crippen LogP contribution in [0, 0.1) is 17.0 Å². The molecule has 0 bridgehead atoms. The topological polar surface area (TPSA) is 111 Å². The van der Waals surface area contributed by atoms with Gasteiger partial charge < -0.3 is 15.4 Å². The number of benzene rings is 2. The first-order chi connectivity index (χ1) is 13.4. The van der Waals surface area contributed by atoms with Crippen LogP contribution in [0.4, 0.5) is 5.69 Å². The lowest BCUT2D eigenvalue weighted by Gasteiger charge is -2.11. The number of amides is 2. The Kier molecular flexibility index (Phi) is 7.41. The Balaban J connectivity index is 2.29. The van der Waals surface area contributed by atoms with Crippen molar-refractivity contribution in [3.8, 4) is 0 Å². The van der Waals surface area contributed by atoms with Gasteiger partial charge in [-0.3, -0.25) is 19.7 Å². The van der Waals surface area contributed by atoms with Gasteiger partial charge in [0.05, 0.1) is 11.5 Å². The lowest BCUT2D eigenvalue weighted by Crippen LogP contribution is -2.36. The Bertz CT molecular complexity index is 891. The molecule has 146 valence electrons. The fourth-order valence-corrected chi connectivity index (χ4v) is 2.31. The average Bonchev–Trinajstić information content (AvgIpc) is 2.68. The van der Waals surface area contributed by atoms with Crippen LogP contribution >= 0.6 is 0 Å². The normalized spacial score (nSPS) is 11.0. The summed E-state index contributed by atoms with van der Waals surface area (Å²) in [5.74, 6) is -0.984. The first-order valence-corrected chi connectivity index (χ1v) is 8.52. The summed E-state index contributed by atoms with van der Waals surface area (Å²) in [5.41, 5.74) is 1.66. The van der Waals surface area contributed by atoms with Crippen molar-refractivity contribution in [2.24, 2.45) is 0 Å². The number of aryl methyl sites for hydroxylation is 1. The number of nitrogens with zero attached hydrogens (tertiary/aromatic N) is 1. The summed E-state index contributed by atoms with van der Waals surface area (Å²) in [6.45, 7) is 2.46. The molecule has 8 nitrogen and oxygen atoms in total. The Morgan fingerprint density at radius 3 is 2.54 bits per heavy atom. The number of methoxy groups -OCH3 is 1. The number of rotatable bonds is 8. The van der Waals surface area contributed by atoms with Crippen molar-refractivity contribution in [3.63, 3.8) is 0 Å². The van der Waals surface area contributed by atoms with E-state index >= 15 is 0 Å². The van der Waals surface area contributed by atoms with Gasteiger partial charge in [0.15, 0.2) is 0 Å². The summed E-state index contributed by atoms with van der Waals surface area (Å²) in [5, 5.41) is 16.2. The summed E-state index contributed by atoms with van der Waals surface area (Å²) >= 11 is 0. The largest absolute Gasteiger partial charge is 0.383 e. The highest BCUT2D eigenvalue weighted by Gasteiger charge is 2.15. The summed E-state index contributed by atoms with van der Waals surface area (Å²) in [4.78, 5) is 35.4. The smallest absolute Gasteiger partial charge is 0.270 e. The molecule has 2 rings (SSSR count). The van der Waals surface area contributed by atoms with Crippen LogP contribution in [0.1, 0.15) is 21.5 Å². The third kappa shape index (κ3) is 6.03. The lowest BCUT2D eigenvalue weighted by atomic mass is 10.1. The minimum atomic E-state index is -0.527. The van der Waals surface area contributed by atoms with Crippen LogP contribution < -0.4 is 10.6 Å². The van der Waals surface area contributed by atoms with E-state index in [1.807, 2.05) is 6.92 Å². The SMILES string of the molecule is COCCNC(=O)C(=Cc1cccc([N+](=O)[O-])c1)NC(=O)c1ccc(C)cc1. The number of hydrogen-bond acceptors (Lipinski definition) is 5. The zero-order valence-electron chi connectivity index (χ0n) is 15.6. The minimum absolute atomic E-state index is 0.0258. The number of ether oxygens (including phenoxy) is 1. The highest BCUT2D eigenvalue weighted by atomic mass is 16.6. The average molecular weight is 383 g/mol. The third-order valence-electron chi connectivity index (χ3n) is 3.79. The molecule has 0 radical (unpaired) electrons. The number of nitro groups is 1. The van der Waals surface area contributed by atoms with Crippen molar-refractivity contribution < 1.29 is 19.2 Å². The predicted molar refractivity (Wildman–Crippen MR) is 105 cm³/mol. The first-order valence-electron chi connectivity index (χ1n) is 8.52. The van der Waals surface area contributed by atoms with Crippen LogP contribution in [-0.2, 0) is 9.53 Å². The summed E-state index contributed by atoms with van der Waals surface area (Å²) in [7, 11) is 1.51. The monoisotopic (exact) mass is 383 g/mol. The molecule has 0 spiro atoms. The molecule has 2 amide bonds. The fourth-order valence-electron chi connectivity index (χ4n) is 2.31. The minimum Gasteiger partial charge on any atom is -0.383 e. The molecule has 28 heavy (non-hydrogen) atoms. The molecule has 2 aromatic rings. The second-order valence-corrected chi connectivity index (χ2v) is 5.98. The number of carbonyl (C=O) groups excluding carboxylic acids is 2. The van der Waals surface area contributed by atoms with E-state index < -0.39 is 16.7 Å². The maximum atomic E-state index is 12.5. The van der Waals surface area contributed by atoms with E-state index in [2.05, 4.69) is 10.6 Å². The highest BCUT2D eigenvalue weighted by Crippen LogP contribution is 2.15. The summed E-state index contributed by atoms with van der Waals surface area (Å²) < 4.78 is 4.90. The fraction of sp³-hybridized carbons (Fsp3) is 0.200. The molecule has 2 aromatic carbocycles. The van der Waals surface area contributed by atoms with Gasteiger partial charge in [-0.15, -0.1) is 0 Å². The van der Waals surface area contributed by atoms with Crippen LogP contribution in [0.5, 0.6) is 0 Å². The lowest BCUT2D eigenvalue weighted by molar-refractivity contribution is -0.384. The van der Waals surface area contributed by atoms with Gasteiger partial charge in [0, 0.05) is 31.4 Å². The van der Waals surface area contributed by atoms with Crippen LogP contribution in [0.25, 0.3) is 6.08 Å². The quantitative estimate of drug-likeness (QED) is 0.315. The predicted octanol–water partition coefficient (Wildman–Crippen LogP) is 2.44. The van der Waals surface area contributed by atoms with E-state index in [0.717, 1.165) is 5.56 Å². The van der Waals surface area contributed by atoms with E-state index in [1.54, 1.807) is 30.3 Å². The standard InChI is InChI=1S/C20H21N3O5/c1-14-6-8-16(9-7-14)19(24)22-18(20(25)21-10-11-28-2)13-15-4-3-5-17(12-15)23(26)27/h3-9,12-13H,10-11H2,1-2H3,(H,21,25)(H,22,24). The third-order valence-corrected chi connectivity index (χ3v) is 3.79. The molecule has 0 aromatic heterocycles. The molecule has 0 atom stereocenters. The second kappa shape index (κ2) is 9.98. The molecule has 0 saturated carbocycles. The van der Waals surface area contributed by atoms with E-state index in [0.29, 0.717) is 17.7 Å². The number of carbonyl (C=O) groups is 2. The van der Waals surface area contributed by atoms with Gasteiger partial charge in [-0.05, 0) is 30.7 Å². The Morgan fingerprint density at radius 2 is 1.89 bits per heavy atom. The number of nitro benzene ring substituents is 1. The van der Waals surface area contributed by atoms with Crippen molar-refractivity contribution >= 4 is 23.6 Å². The molecule has 0 fully saturated rings. The van der Waals surface area contributed by atoms with E-state index in [9.17, 15) is 19.7 Å². The van der Waals surface area contributed by atoms with Gasteiger partial charge in [0.2, 0.25) is 0 Å². The van der Waals surface area contributed by atoms with Gasteiger partial charge >= 0.3 is 0 Å². The number of non-ortho nitro benzene ring substituents is 1. The molecule has 8 heteroatoms. The van der Waals surface area contributed by atoms with Crippen LogP contribution in [0.3, 0.4) is 0 Å². The Morgan fingerprint density at radius 1 is 1.18 bits per heavy atom. The van der Waals surface area contributed by atoms with Gasteiger partial charge in [0.25, 0.3) is 17.5 Å².